The number of nitrogens with one attached hydrogen (secondary N) is 3. The van der Waals surface area contributed by atoms with E-state index in [2.05, 4.69) is 30.9 Å². The fourth-order valence-electron chi connectivity index (χ4n) is 7.30. The van der Waals surface area contributed by atoms with E-state index in [0.717, 1.165) is 21.1 Å². The topological polar surface area (TPSA) is 233 Å². The van der Waals surface area contributed by atoms with E-state index in [-0.39, 0.29) is 60.4 Å². The summed E-state index contributed by atoms with van der Waals surface area (Å²) in [6.07, 6.45) is 3.72. The molecular formula is C57H52N10O8. The number of aromatic nitrogens is 4. The van der Waals surface area contributed by atoms with Crippen LogP contribution in [0.1, 0.15) is 63.7 Å². The molecule has 0 spiro atoms. The third-order valence-electron chi connectivity index (χ3n) is 11.0. The number of pyridine rings is 4. The summed E-state index contributed by atoms with van der Waals surface area (Å²) in [5, 5.41) is 10.4. The molecule has 378 valence electrons. The van der Waals surface area contributed by atoms with Gasteiger partial charge in [-0.2, -0.15) is 5.01 Å². The van der Waals surface area contributed by atoms with E-state index in [9.17, 15) is 24.0 Å². The number of nitrogens with zero attached hydrogens (tertiary/aromatic N) is 6. The molecule has 0 atom stereocenters. The normalized spacial score (nSPS) is 10.9. The van der Waals surface area contributed by atoms with Gasteiger partial charge in [0.2, 0.25) is 0 Å². The Morgan fingerprint density at radius 2 is 1.07 bits per heavy atom. The van der Waals surface area contributed by atoms with E-state index >= 15 is 0 Å². The molecule has 0 aliphatic rings. The molecule has 0 fully saturated rings. The van der Waals surface area contributed by atoms with Crippen molar-refractivity contribution in [2.45, 2.75) is 52.7 Å². The first kappa shape index (κ1) is 51.4. The lowest BCUT2D eigenvalue weighted by Crippen LogP contribution is -2.51. The Morgan fingerprint density at radius 3 is 1.61 bits per heavy atom. The average Bonchev–Trinajstić information content (AvgIpc) is 3.42. The highest BCUT2D eigenvalue weighted by molar-refractivity contribution is 6.07. The van der Waals surface area contributed by atoms with Gasteiger partial charge >= 0.3 is 18.3 Å². The lowest BCUT2D eigenvalue weighted by molar-refractivity contribution is 0.0396. The summed E-state index contributed by atoms with van der Waals surface area (Å²) in [5.41, 5.74) is 10.8. The number of rotatable bonds is 15. The number of nitrogen functional groups attached to an aromatic ring is 1. The molecule has 18 heteroatoms. The van der Waals surface area contributed by atoms with E-state index in [1.807, 2.05) is 60.7 Å². The number of hydrazine groups is 1. The molecule has 4 aromatic carbocycles. The molecule has 0 saturated heterocycles. The molecular weight excluding hydrogens is 953 g/mol. The predicted molar refractivity (Wildman–Crippen MR) is 282 cm³/mol. The fraction of sp³-hybridized carbons (Fsp3) is 0.140. The van der Waals surface area contributed by atoms with Crippen LogP contribution in [0.25, 0.3) is 22.5 Å². The maximum absolute atomic E-state index is 14.7. The van der Waals surface area contributed by atoms with Gasteiger partial charge in [0.1, 0.15) is 24.5 Å². The number of hydrogen-bond acceptors (Lipinski definition) is 13. The highest BCUT2D eigenvalue weighted by Gasteiger charge is 2.36. The molecule has 0 saturated carbocycles. The number of amides is 5. The summed E-state index contributed by atoms with van der Waals surface area (Å²) >= 11 is 0. The zero-order chi connectivity index (χ0) is 52.7. The zero-order valence-corrected chi connectivity index (χ0v) is 41.2. The predicted octanol–water partition coefficient (Wildman–Crippen LogP) is 10.6. The molecule has 0 bridgehead atoms. The number of ether oxygens (including phenoxy) is 3. The number of nitrogens with two attached hydrogens (primary N) is 1. The largest absolute Gasteiger partial charge is 0.445 e. The third kappa shape index (κ3) is 14.1. The van der Waals surface area contributed by atoms with Crippen molar-refractivity contribution >= 4 is 53.1 Å². The molecule has 18 nitrogen and oxygen atoms in total. The van der Waals surface area contributed by atoms with Crippen LogP contribution < -0.4 is 26.7 Å². The first-order valence-electron chi connectivity index (χ1n) is 23.6. The van der Waals surface area contributed by atoms with Crippen molar-refractivity contribution in [3.63, 3.8) is 0 Å². The van der Waals surface area contributed by atoms with Crippen molar-refractivity contribution < 1.29 is 38.2 Å². The lowest BCUT2D eigenvalue weighted by atomic mass is 10.1. The van der Waals surface area contributed by atoms with Gasteiger partial charge in [0.15, 0.2) is 11.6 Å². The molecule has 0 aliphatic carbocycles. The first-order chi connectivity index (χ1) is 36.3. The van der Waals surface area contributed by atoms with Crippen LogP contribution in [0.3, 0.4) is 0 Å². The summed E-state index contributed by atoms with van der Waals surface area (Å²) < 4.78 is 17.1. The molecule has 8 aromatic rings. The summed E-state index contributed by atoms with van der Waals surface area (Å²) in [5.74, 6) is -1.05. The molecule has 0 aliphatic heterocycles. The van der Waals surface area contributed by atoms with Crippen LogP contribution >= 0.6 is 0 Å². The van der Waals surface area contributed by atoms with Gasteiger partial charge in [0, 0.05) is 64.7 Å². The van der Waals surface area contributed by atoms with Crippen LogP contribution in [0, 0.1) is 0 Å². The van der Waals surface area contributed by atoms with Crippen LogP contribution in [0.2, 0.25) is 0 Å². The highest BCUT2D eigenvalue weighted by Crippen LogP contribution is 2.33. The molecule has 5 N–H and O–H groups in total. The van der Waals surface area contributed by atoms with Crippen LogP contribution in [0.5, 0.6) is 0 Å². The van der Waals surface area contributed by atoms with Gasteiger partial charge in [0.05, 0.1) is 23.6 Å². The zero-order valence-electron chi connectivity index (χ0n) is 41.2. The number of anilines is 4. The fourth-order valence-corrected chi connectivity index (χ4v) is 7.30. The lowest BCUT2D eigenvalue weighted by Gasteiger charge is -2.35. The average molecular weight is 1010 g/mol. The molecule has 4 heterocycles. The second kappa shape index (κ2) is 24.0. The van der Waals surface area contributed by atoms with Crippen molar-refractivity contribution in [1.82, 2.24) is 30.3 Å². The summed E-state index contributed by atoms with van der Waals surface area (Å²) in [7, 11) is 0. The maximum Gasteiger partial charge on any atom is 0.434 e. The summed E-state index contributed by atoms with van der Waals surface area (Å²) in [6, 6.07) is 45.0. The Kier molecular flexibility index (Phi) is 16.4. The van der Waals surface area contributed by atoms with E-state index in [1.165, 1.54) is 6.20 Å². The van der Waals surface area contributed by atoms with Crippen LogP contribution in [-0.2, 0) is 40.5 Å². The third-order valence-corrected chi connectivity index (χ3v) is 11.0. The van der Waals surface area contributed by atoms with Crippen molar-refractivity contribution in [2.24, 2.45) is 0 Å². The van der Waals surface area contributed by atoms with Crippen molar-refractivity contribution in [2.75, 3.05) is 21.4 Å². The molecule has 4 aromatic heterocycles. The van der Waals surface area contributed by atoms with Gasteiger partial charge in [-0.1, -0.05) is 97.1 Å². The van der Waals surface area contributed by atoms with E-state index in [1.54, 1.807) is 136 Å². The molecule has 0 radical (unpaired) electrons. The van der Waals surface area contributed by atoms with E-state index in [4.69, 9.17) is 24.9 Å². The Morgan fingerprint density at radius 1 is 0.547 bits per heavy atom. The van der Waals surface area contributed by atoms with Crippen LogP contribution in [0.15, 0.2) is 183 Å². The number of carbonyl (C=O) groups excluding carboxylic acids is 5. The molecule has 75 heavy (non-hydrogen) atoms. The van der Waals surface area contributed by atoms with Gasteiger partial charge in [-0.25, -0.2) is 29.4 Å². The van der Waals surface area contributed by atoms with E-state index < -0.39 is 35.7 Å². The van der Waals surface area contributed by atoms with Crippen LogP contribution in [0.4, 0.5) is 37.4 Å². The minimum absolute atomic E-state index is 0.0462. The van der Waals surface area contributed by atoms with Gasteiger partial charge < -0.3 is 35.9 Å². The summed E-state index contributed by atoms with van der Waals surface area (Å²) in [6.45, 7) is 4.63. The molecule has 0 unspecified atom stereocenters. The maximum atomic E-state index is 14.7. The molecule has 8 rings (SSSR count). The number of alkyl carbamates (subject to hydrolysis) is 1. The second-order valence-corrected chi connectivity index (χ2v) is 17.8. The SMILES string of the molecule is CC(C)(C)OC(=O)N(c1ccc(-c2ccccc2)nc1NC(=O)c1ccc(CNC(=O)OCc2cccnc2)cc1)N(Cc1ccc(C(=O)Nc2nc(-c3ccccc3)ccc2N)cc1)C(=O)OCc1cccnc1. The number of carbonyl (C=O) groups is 5. The van der Waals surface area contributed by atoms with Crippen molar-refractivity contribution in [3.05, 3.63) is 216 Å². The van der Waals surface area contributed by atoms with Crippen LogP contribution in [-0.4, -0.2) is 60.6 Å². The number of benzene rings is 4. The van der Waals surface area contributed by atoms with Crippen molar-refractivity contribution in [1.29, 1.82) is 0 Å². The Labute approximate surface area is 432 Å². The van der Waals surface area contributed by atoms with Crippen molar-refractivity contribution in [3.8, 4) is 22.5 Å². The molecule has 5 amide bonds. The monoisotopic (exact) mass is 1000 g/mol. The van der Waals surface area contributed by atoms with Gasteiger partial charge in [-0.15, -0.1) is 0 Å². The summed E-state index contributed by atoms with van der Waals surface area (Å²) in [4.78, 5) is 87.3. The smallest absolute Gasteiger partial charge is 0.434 e. The Balaban J connectivity index is 1.10. The van der Waals surface area contributed by atoms with Gasteiger partial charge in [-0.3, -0.25) is 19.6 Å². The Bertz CT molecular complexity index is 3250. The quantitative estimate of drug-likeness (QED) is 0.0553. The second-order valence-electron chi connectivity index (χ2n) is 17.8. The highest BCUT2D eigenvalue weighted by atomic mass is 16.6. The number of hydrogen-bond donors (Lipinski definition) is 4. The standard InChI is InChI=1S/C57H52N10O8/c1-57(2,3)75-56(72)67(49-29-28-48(43-16-8-5-9-17-43)63-51(49)65-53(69)44-22-18-38(19-23-44)34-61-54(70)73-36-40-12-10-30-59-32-40)66(55(71)74-37-41-13-11-31-60-33-41)35-39-20-24-45(25-21-39)52(68)64-50-46(58)26-27-47(62-50)42-14-6-4-7-15-42/h4-33H,34-37,58H2,1-3H3,(H,61,70)(H,62,64,68)(H,63,65,69). The Hall–Kier alpha value is -9.97. The minimum Gasteiger partial charge on any atom is -0.445 e. The first-order valence-corrected chi connectivity index (χ1v) is 23.6. The minimum atomic E-state index is -1.08. The van der Waals surface area contributed by atoms with Gasteiger partial charge in [-0.05, 0) is 92.6 Å². The van der Waals surface area contributed by atoms with E-state index in [0.29, 0.717) is 33.6 Å². The van der Waals surface area contributed by atoms with Gasteiger partial charge in [0.25, 0.3) is 11.8 Å².